The van der Waals surface area contributed by atoms with E-state index >= 15 is 0 Å². The molecule has 1 saturated heterocycles. The number of nitrogens with zero attached hydrogens (tertiary/aromatic N) is 4. The fourth-order valence-electron chi connectivity index (χ4n) is 5.57. The molecule has 0 spiro atoms. The van der Waals surface area contributed by atoms with E-state index in [1.807, 2.05) is 83.7 Å². The summed E-state index contributed by atoms with van der Waals surface area (Å²) >= 11 is 0. The van der Waals surface area contributed by atoms with Crippen LogP contribution in [-0.2, 0) is 22.6 Å². The van der Waals surface area contributed by atoms with E-state index in [0.29, 0.717) is 30.6 Å². The number of carboxylic acid groups (broad SMARTS) is 1. The summed E-state index contributed by atoms with van der Waals surface area (Å²) in [5.74, 6) is -0.955. The number of aliphatic carboxylic acids is 1. The number of nitrogens with one attached hydrogen (secondary N) is 1. The first-order valence-electron chi connectivity index (χ1n) is 14.2. The van der Waals surface area contributed by atoms with Gasteiger partial charge >= 0.3 is 5.97 Å². The molecule has 1 atom stereocenters. The van der Waals surface area contributed by atoms with E-state index in [2.05, 4.69) is 10.4 Å². The van der Waals surface area contributed by atoms with E-state index < -0.39 is 12.0 Å². The third-order valence-electron chi connectivity index (χ3n) is 7.85. The minimum Gasteiger partial charge on any atom is -0.481 e. The first-order valence-corrected chi connectivity index (χ1v) is 14.2. The second-order valence-corrected chi connectivity index (χ2v) is 11.1. The van der Waals surface area contributed by atoms with Crippen LogP contribution in [0.1, 0.15) is 71.3 Å². The molecule has 1 fully saturated rings. The third-order valence-corrected chi connectivity index (χ3v) is 7.85. The quantitative estimate of drug-likeness (QED) is 0.274. The van der Waals surface area contributed by atoms with Gasteiger partial charge in [0.1, 0.15) is 6.04 Å². The van der Waals surface area contributed by atoms with Crippen LogP contribution >= 0.6 is 0 Å². The van der Waals surface area contributed by atoms with Crippen molar-refractivity contribution in [2.24, 2.45) is 0 Å². The number of amides is 2. The molecule has 0 bridgehead atoms. The highest BCUT2D eigenvalue weighted by Crippen LogP contribution is 2.28. The molecule has 41 heavy (non-hydrogen) atoms. The van der Waals surface area contributed by atoms with Gasteiger partial charge in [0.2, 0.25) is 5.91 Å². The summed E-state index contributed by atoms with van der Waals surface area (Å²) in [6.45, 7) is 8.00. The molecule has 1 aliphatic heterocycles. The molecular formula is C32H37N5O4. The second kappa shape index (κ2) is 12.0. The number of carboxylic acids is 1. The SMILES string of the molecule is Cc1cnn(Cc2ccc(CCCC(=O)O)c(NC(=O)C(C)n3cc(C)c4cc(C(=O)N5CCCC5)ccc43)c2)c1. The van der Waals surface area contributed by atoms with Gasteiger partial charge in [-0.3, -0.25) is 19.1 Å². The minimum atomic E-state index is -0.838. The molecular weight excluding hydrogens is 518 g/mol. The summed E-state index contributed by atoms with van der Waals surface area (Å²) in [6.07, 6.45) is 8.90. The highest BCUT2D eigenvalue weighted by atomic mass is 16.4. The van der Waals surface area contributed by atoms with Gasteiger partial charge in [0.25, 0.3) is 5.91 Å². The van der Waals surface area contributed by atoms with E-state index in [0.717, 1.165) is 59.1 Å². The monoisotopic (exact) mass is 555 g/mol. The molecule has 0 saturated carbocycles. The van der Waals surface area contributed by atoms with Crippen molar-refractivity contribution in [1.82, 2.24) is 19.2 Å². The van der Waals surface area contributed by atoms with Gasteiger partial charge in [-0.25, -0.2) is 0 Å². The number of carbonyl (C=O) groups is 3. The van der Waals surface area contributed by atoms with Crippen LogP contribution in [0.4, 0.5) is 5.69 Å². The van der Waals surface area contributed by atoms with E-state index in [4.69, 9.17) is 5.11 Å². The zero-order chi connectivity index (χ0) is 29.1. The highest BCUT2D eigenvalue weighted by Gasteiger charge is 2.23. The maximum atomic E-state index is 13.6. The lowest BCUT2D eigenvalue weighted by atomic mass is 10.0. The van der Waals surface area contributed by atoms with Crippen LogP contribution in [0.5, 0.6) is 0 Å². The zero-order valence-corrected chi connectivity index (χ0v) is 23.9. The van der Waals surface area contributed by atoms with Crippen molar-refractivity contribution in [2.75, 3.05) is 18.4 Å². The molecule has 1 aliphatic rings. The van der Waals surface area contributed by atoms with E-state index in [9.17, 15) is 14.4 Å². The number of carbonyl (C=O) groups excluding carboxylic acids is 2. The van der Waals surface area contributed by atoms with Gasteiger partial charge in [0, 0.05) is 54.1 Å². The highest BCUT2D eigenvalue weighted by molar-refractivity contribution is 6.00. The maximum absolute atomic E-state index is 13.6. The normalized spacial score (nSPS) is 14.0. The van der Waals surface area contributed by atoms with Gasteiger partial charge < -0.3 is 19.9 Å². The Hall–Kier alpha value is -4.40. The fraction of sp³-hybridized carbons (Fsp3) is 0.375. The number of aryl methyl sites for hydroxylation is 3. The van der Waals surface area contributed by atoms with Crippen LogP contribution in [0.25, 0.3) is 10.9 Å². The average molecular weight is 556 g/mol. The number of anilines is 1. The van der Waals surface area contributed by atoms with Crippen molar-refractivity contribution in [1.29, 1.82) is 0 Å². The molecule has 9 heteroatoms. The Labute approximate surface area is 239 Å². The van der Waals surface area contributed by atoms with Crippen LogP contribution in [0.3, 0.4) is 0 Å². The van der Waals surface area contributed by atoms with Crippen molar-refractivity contribution < 1.29 is 19.5 Å². The number of benzene rings is 2. The van der Waals surface area contributed by atoms with Crippen molar-refractivity contribution in [2.45, 2.75) is 65.5 Å². The summed E-state index contributed by atoms with van der Waals surface area (Å²) in [7, 11) is 0. The molecule has 0 radical (unpaired) electrons. The van der Waals surface area contributed by atoms with Crippen molar-refractivity contribution in [3.05, 3.63) is 82.8 Å². The predicted molar refractivity (Wildman–Crippen MR) is 158 cm³/mol. The minimum absolute atomic E-state index is 0.0583. The molecule has 214 valence electrons. The molecule has 4 aromatic rings. The molecule has 2 amide bonds. The van der Waals surface area contributed by atoms with E-state index in [1.54, 1.807) is 6.20 Å². The lowest BCUT2D eigenvalue weighted by Crippen LogP contribution is -2.27. The van der Waals surface area contributed by atoms with Crippen LogP contribution in [0.2, 0.25) is 0 Å². The third kappa shape index (κ3) is 6.34. The van der Waals surface area contributed by atoms with E-state index in [-0.39, 0.29) is 18.2 Å². The fourth-order valence-corrected chi connectivity index (χ4v) is 5.57. The second-order valence-electron chi connectivity index (χ2n) is 11.1. The smallest absolute Gasteiger partial charge is 0.303 e. The molecule has 2 aromatic carbocycles. The molecule has 0 aliphatic carbocycles. The summed E-state index contributed by atoms with van der Waals surface area (Å²) < 4.78 is 3.80. The summed E-state index contributed by atoms with van der Waals surface area (Å²) in [4.78, 5) is 39.6. The van der Waals surface area contributed by atoms with Crippen LogP contribution in [-0.4, -0.2) is 55.2 Å². The average Bonchev–Trinajstić information content (AvgIpc) is 3.70. The number of likely N-dealkylation sites (tertiary alicyclic amines) is 1. The largest absolute Gasteiger partial charge is 0.481 e. The molecule has 2 N–H and O–H groups in total. The van der Waals surface area contributed by atoms with Crippen LogP contribution < -0.4 is 5.32 Å². The number of hydrogen-bond donors (Lipinski definition) is 2. The Morgan fingerprint density at radius 3 is 2.54 bits per heavy atom. The van der Waals surface area contributed by atoms with Crippen LogP contribution in [0.15, 0.2) is 55.0 Å². The number of rotatable bonds is 10. The Balaban J connectivity index is 1.38. The zero-order valence-electron chi connectivity index (χ0n) is 23.9. The van der Waals surface area contributed by atoms with Crippen molar-refractivity contribution in [3.63, 3.8) is 0 Å². The number of hydrogen-bond acceptors (Lipinski definition) is 4. The van der Waals surface area contributed by atoms with E-state index in [1.165, 1.54) is 0 Å². The van der Waals surface area contributed by atoms with Crippen LogP contribution in [0, 0.1) is 13.8 Å². The van der Waals surface area contributed by atoms with Gasteiger partial charge in [-0.05, 0) is 93.0 Å². The molecule has 1 unspecified atom stereocenters. The summed E-state index contributed by atoms with van der Waals surface area (Å²) in [6, 6.07) is 11.1. The lowest BCUT2D eigenvalue weighted by molar-refractivity contribution is -0.137. The summed E-state index contributed by atoms with van der Waals surface area (Å²) in [5, 5.41) is 17.6. The number of aromatic nitrogens is 3. The molecule has 3 heterocycles. The first kappa shape index (κ1) is 28.1. The van der Waals surface area contributed by atoms with Gasteiger partial charge in [0.05, 0.1) is 12.7 Å². The Bertz CT molecular complexity index is 1590. The van der Waals surface area contributed by atoms with Gasteiger partial charge in [0.15, 0.2) is 0 Å². The number of fused-ring (bicyclic) bond motifs is 1. The predicted octanol–water partition coefficient (Wildman–Crippen LogP) is 5.35. The summed E-state index contributed by atoms with van der Waals surface area (Å²) in [5.41, 5.74) is 6.20. The van der Waals surface area contributed by atoms with Gasteiger partial charge in [-0.15, -0.1) is 0 Å². The standard InChI is InChI=1S/C32H37N5O4/c1-21-17-33-36(18-21)20-24-9-10-25(7-6-8-30(38)39)28(15-24)34-31(40)23(3)37-19-22(2)27-16-26(11-12-29(27)37)32(41)35-13-4-5-14-35/h9-12,15-19,23H,4-8,13-14,20H2,1-3H3,(H,34,40)(H,38,39). The van der Waals surface area contributed by atoms with Gasteiger partial charge in [-0.1, -0.05) is 12.1 Å². The lowest BCUT2D eigenvalue weighted by Gasteiger charge is -2.19. The maximum Gasteiger partial charge on any atom is 0.303 e. The Morgan fingerprint density at radius 1 is 1.05 bits per heavy atom. The van der Waals surface area contributed by atoms with Crippen molar-refractivity contribution >= 4 is 34.4 Å². The Morgan fingerprint density at radius 2 is 1.83 bits per heavy atom. The Kier molecular flexibility index (Phi) is 8.23. The molecule has 2 aromatic heterocycles. The molecule has 9 nitrogen and oxygen atoms in total. The van der Waals surface area contributed by atoms with Gasteiger partial charge in [-0.2, -0.15) is 5.10 Å². The molecule has 5 rings (SSSR count). The topological polar surface area (TPSA) is 109 Å². The van der Waals surface area contributed by atoms with Crippen molar-refractivity contribution in [3.8, 4) is 0 Å². The first-order chi connectivity index (χ1) is 19.7.